The maximum Gasteiger partial charge on any atom is 0.104 e. The standard InChI is InChI=1S/C14H19NO/c1-14(16)12-6-8-15(9-7-12)13(14)10-11-4-2-3-5-11/h2-5,10-12,16H,6-9H2,1H3/b13-10-. The molecule has 2 heteroatoms. The first-order chi connectivity index (χ1) is 7.68. The van der Waals surface area contributed by atoms with Crippen molar-refractivity contribution in [2.45, 2.75) is 25.4 Å². The molecule has 3 heterocycles. The van der Waals surface area contributed by atoms with Crippen LogP contribution in [0.2, 0.25) is 0 Å². The summed E-state index contributed by atoms with van der Waals surface area (Å²) in [5, 5.41) is 10.6. The smallest absolute Gasteiger partial charge is 0.104 e. The van der Waals surface area contributed by atoms with Gasteiger partial charge in [0.15, 0.2) is 0 Å². The molecular formula is C14H19NO. The molecule has 0 spiro atoms. The van der Waals surface area contributed by atoms with E-state index in [4.69, 9.17) is 0 Å². The molecule has 3 saturated heterocycles. The van der Waals surface area contributed by atoms with E-state index in [2.05, 4.69) is 35.3 Å². The molecule has 4 rings (SSSR count). The number of hydrogen-bond donors (Lipinski definition) is 1. The zero-order valence-corrected chi connectivity index (χ0v) is 9.76. The van der Waals surface area contributed by atoms with Crippen LogP contribution in [0.25, 0.3) is 0 Å². The highest BCUT2D eigenvalue weighted by Crippen LogP contribution is 2.43. The summed E-state index contributed by atoms with van der Waals surface area (Å²) in [6.07, 6.45) is 13.0. The van der Waals surface area contributed by atoms with Gasteiger partial charge >= 0.3 is 0 Å². The maximum absolute atomic E-state index is 10.6. The van der Waals surface area contributed by atoms with Crippen molar-refractivity contribution < 1.29 is 5.11 Å². The Morgan fingerprint density at radius 2 is 1.94 bits per heavy atom. The van der Waals surface area contributed by atoms with E-state index < -0.39 is 5.60 Å². The van der Waals surface area contributed by atoms with Crippen LogP contribution >= 0.6 is 0 Å². The van der Waals surface area contributed by atoms with Crippen molar-refractivity contribution in [3.63, 3.8) is 0 Å². The van der Waals surface area contributed by atoms with Crippen LogP contribution in [0.3, 0.4) is 0 Å². The quantitative estimate of drug-likeness (QED) is 0.727. The lowest BCUT2D eigenvalue weighted by Crippen LogP contribution is -2.55. The van der Waals surface area contributed by atoms with Gasteiger partial charge in [-0.15, -0.1) is 0 Å². The molecule has 2 nitrogen and oxygen atoms in total. The summed E-state index contributed by atoms with van der Waals surface area (Å²) in [5.41, 5.74) is 0.539. The Morgan fingerprint density at radius 3 is 2.50 bits per heavy atom. The molecule has 0 saturated carbocycles. The fourth-order valence-corrected chi connectivity index (χ4v) is 3.23. The second kappa shape index (κ2) is 3.49. The largest absolute Gasteiger partial charge is 0.384 e. The van der Waals surface area contributed by atoms with Gasteiger partial charge in [0, 0.05) is 24.7 Å². The third-order valence-corrected chi connectivity index (χ3v) is 4.28. The molecular weight excluding hydrogens is 198 g/mol. The molecule has 86 valence electrons. The Kier molecular flexibility index (Phi) is 2.21. The van der Waals surface area contributed by atoms with Gasteiger partial charge in [0.05, 0.1) is 0 Å². The van der Waals surface area contributed by atoms with Gasteiger partial charge in [-0.1, -0.05) is 30.4 Å². The fourth-order valence-electron chi connectivity index (χ4n) is 3.23. The number of hydrogen-bond acceptors (Lipinski definition) is 2. The minimum absolute atomic E-state index is 0.376. The summed E-state index contributed by atoms with van der Waals surface area (Å²) in [7, 11) is 0. The van der Waals surface area contributed by atoms with Gasteiger partial charge in [-0.2, -0.15) is 0 Å². The van der Waals surface area contributed by atoms with Crippen molar-refractivity contribution in [2.75, 3.05) is 13.1 Å². The highest BCUT2D eigenvalue weighted by Gasteiger charge is 2.45. The second-order valence-corrected chi connectivity index (χ2v) is 5.31. The van der Waals surface area contributed by atoms with Gasteiger partial charge in [-0.25, -0.2) is 0 Å². The monoisotopic (exact) mass is 217 g/mol. The summed E-state index contributed by atoms with van der Waals surface area (Å²) >= 11 is 0. The molecule has 2 bridgehead atoms. The van der Waals surface area contributed by atoms with Crippen LogP contribution in [0.1, 0.15) is 19.8 Å². The van der Waals surface area contributed by atoms with E-state index in [1.54, 1.807) is 0 Å². The molecule has 1 N–H and O–H groups in total. The normalized spacial score (nSPS) is 40.2. The van der Waals surface area contributed by atoms with E-state index in [-0.39, 0.29) is 0 Å². The third-order valence-electron chi connectivity index (χ3n) is 4.28. The number of piperidine rings is 3. The first-order valence-electron chi connectivity index (χ1n) is 6.22. The Hall–Kier alpha value is -1.02. The van der Waals surface area contributed by atoms with Crippen LogP contribution < -0.4 is 0 Å². The van der Waals surface area contributed by atoms with Gasteiger partial charge in [0.25, 0.3) is 0 Å². The number of nitrogens with zero attached hydrogens (tertiary/aromatic N) is 1. The number of fused-ring (bicyclic) bond motifs is 3. The highest BCUT2D eigenvalue weighted by atomic mass is 16.3. The zero-order chi connectivity index (χ0) is 11.2. The van der Waals surface area contributed by atoms with Crippen molar-refractivity contribution in [1.29, 1.82) is 0 Å². The number of rotatable bonds is 1. The summed E-state index contributed by atoms with van der Waals surface area (Å²) in [5.74, 6) is 0.832. The highest BCUT2D eigenvalue weighted by molar-refractivity contribution is 5.30. The molecule has 0 amide bonds. The molecule has 1 unspecified atom stereocenters. The van der Waals surface area contributed by atoms with Gasteiger partial charge in [0.2, 0.25) is 0 Å². The molecule has 3 fully saturated rings. The minimum atomic E-state index is -0.610. The lowest BCUT2D eigenvalue weighted by atomic mass is 9.73. The Morgan fingerprint density at radius 1 is 1.31 bits per heavy atom. The molecule has 4 aliphatic rings. The van der Waals surface area contributed by atoms with Crippen LogP contribution in [0.5, 0.6) is 0 Å². The Balaban J connectivity index is 1.93. The average molecular weight is 217 g/mol. The molecule has 0 radical (unpaired) electrons. The number of aliphatic hydroxyl groups is 1. The van der Waals surface area contributed by atoms with Crippen molar-refractivity contribution in [3.05, 3.63) is 36.1 Å². The van der Waals surface area contributed by atoms with Crippen molar-refractivity contribution >= 4 is 0 Å². The second-order valence-electron chi connectivity index (χ2n) is 5.31. The Labute approximate surface area is 97.0 Å². The lowest BCUT2D eigenvalue weighted by molar-refractivity contribution is -0.0584. The van der Waals surface area contributed by atoms with Crippen molar-refractivity contribution in [2.24, 2.45) is 11.8 Å². The van der Waals surface area contributed by atoms with E-state index in [1.165, 1.54) is 0 Å². The van der Waals surface area contributed by atoms with Crippen LogP contribution in [-0.2, 0) is 0 Å². The summed E-state index contributed by atoms with van der Waals surface area (Å²) in [4.78, 5) is 2.36. The van der Waals surface area contributed by atoms with Crippen molar-refractivity contribution in [1.82, 2.24) is 4.90 Å². The van der Waals surface area contributed by atoms with Crippen molar-refractivity contribution in [3.8, 4) is 0 Å². The lowest BCUT2D eigenvalue weighted by Gasteiger charge is -2.52. The topological polar surface area (TPSA) is 23.5 Å². The molecule has 1 atom stereocenters. The molecule has 16 heavy (non-hydrogen) atoms. The predicted octanol–water partition coefficient (Wildman–Crippen LogP) is 2.09. The maximum atomic E-state index is 10.6. The van der Waals surface area contributed by atoms with E-state index >= 15 is 0 Å². The first kappa shape index (κ1) is 10.2. The van der Waals surface area contributed by atoms with E-state index in [0.717, 1.165) is 31.6 Å². The van der Waals surface area contributed by atoms with Crippen LogP contribution in [0.4, 0.5) is 0 Å². The van der Waals surface area contributed by atoms with Gasteiger partial charge in [-0.05, 0) is 25.7 Å². The van der Waals surface area contributed by atoms with Crippen LogP contribution in [0.15, 0.2) is 36.1 Å². The molecule has 0 aromatic carbocycles. The van der Waals surface area contributed by atoms with E-state index in [1.807, 2.05) is 6.92 Å². The SMILES string of the molecule is CC1(O)/C(=C/C2C=CC=C2)N2CCC1CC2. The fraction of sp³-hybridized carbons (Fsp3) is 0.571. The van der Waals surface area contributed by atoms with Crippen LogP contribution in [0, 0.1) is 11.8 Å². The predicted molar refractivity (Wildman–Crippen MR) is 64.8 cm³/mol. The average Bonchev–Trinajstić information content (AvgIpc) is 2.77. The summed E-state index contributed by atoms with van der Waals surface area (Å²) < 4.78 is 0. The zero-order valence-electron chi connectivity index (χ0n) is 9.76. The number of allylic oxidation sites excluding steroid dienone is 5. The molecule has 0 aromatic heterocycles. The molecule has 3 aliphatic heterocycles. The summed E-state index contributed by atoms with van der Waals surface area (Å²) in [6, 6.07) is 0. The third kappa shape index (κ3) is 1.44. The minimum Gasteiger partial charge on any atom is -0.384 e. The molecule has 0 aromatic rings. The van der Waals surface area contributed by atoms with Gasteiger partial charge in [0.1, 0.15) is 5.60 Å². The first-order valence-corrected chi connectivity index (χ1v) is 6.22. The van der Waals surface area contributed by atoms with Gasteiger partial charge < -0.3 is 10.0 Å². The van der Waals surface area contributed by atoms with E-state index in [0.29, 0.717) is 11.8 Å². The van der Waals surface area contributed by atoms with Gasteiger partial charge in [-0.3, -0.25) is 0 Å². The summed E-state index contributed by atoms with van der Waals surface area (Å²) in [6.45, 7) is 4.22. The molecule has 1 aliphatic carbocycles. The van der Waals surface area contributed by atoms with E-state index in [9.17, 15) is 5.11 Å². The Bertz CT molecular complexity index is 358. The van der Waals surface area contributed by atoms with Crippen LogP contribution in [-0.4, -0.2) is 28.7 Å².